The van der Waals surface area contributed by atoms with Crippen molar-refractivity contribution in [3.63, 3.8) is 0 Å². The molecule has 4 rings (SSSR count). The first-order chi connectivity index (χ1) is 18.7. The topological polar surface area (TPSA) is 100 Å². The van der Waals surface area contributed by atoms with Crippen molar-refractivity contribution in [2.24, 2.45) is 0 Å². The fourth-order valence-electron chi connectivity index (χ4n) is 4.44. The van der Waals surface area contributed by atoms with Gasteiger partial charge in [0, 0.05) is 51.7 Å². The van der Waals surface area contributed by atoms with Crippen molar-refractivity contribution >= 4 is 35.1 Å². The van der Waals surface area contributed by atoms with E-state index in [-0.39, 0.29) is 43.5 Å². The summed E-state index contributed by atoms with van der Waals surface area (Å²) in [6.45, 7) is 5.02. The van der Waals surface area contributed by atoms with E-state index in [4.69, 9.17) is 16.3 Å². The number of aromatic nitrogens is 2. The minimum Gasteiger partial charge on any atom is -0.383 e. The molecular weight excluding hydrogens is 520 g/mol. The molecule has 1 aliphatic rings. The Morgan fingerprint density at radius 3 is 2.64 bits per heavy atom. The van der Waals surface area contributed by atoms with E-state index in [0.717, 1.165) is 16.9 Å². The number of rotatable bonds is 7. The van der Waals surface area contributed by atoms with E-state index in [9.17, 15) is 14.4 Å². The number of amides is 4. The summed E-state index contributed by atoms with van der Waals surface area (Å²) in [7, 11) is 3.23. The summed E-state index contributed by atoms with van der Waals surface area (Å²) in [6, 6.07) is 13.9. The average Bonchev–Trinajstić information content (AvgIpc) is 3.31. The molecule has 0 fully saturated rings. The molecule has 0 saturated carbocycles. The highest BCUT2D eigenvalue weighted by Gasteiger charge is 2.32. The van der Waals surface area contributed by atoms with Gasteiger partial charge in [-0.25, -0.2) is 9.48 Å². The van der Waals surface area contributed by atoms with Gasteiger partial charge >= 0.3 is 6.03 Å². The SMILES string of the molecule is COCCN(C)C(=O)CNC(=O)N1Cc2ccccc2N(C(=O)c2ccc(-n3ccc(C)n3)cc2Cl)C[C@H]1C. The summed E-state index contributed by atoms with van der Waals surface area (Å²) >= 11 is 6.60. The maximum atomic E-state index is 13.8. The highest BCUT2D eigenvalue weighted by atomic mass is 35.5. The van der Waals surface area contributed by atoms with Crippen molar-refractivity contribution < 1.29 is 19.1 Å². The molecule has 0 bridgehead atoms. The van der Waals surface area contributed by atoms with Gasteiger partial charge in [-0.1, -0.05) is 29.8 Å². The van der Waals surface area contributed by atoms with Crippen LogP contribution in [0.1, 0.15) is 28.5 Å². The number of para-hydroxylation sites is 1. The molecule has 206 valence electrons. The molecule has 0 radical (unpaired) electrons. The Labute approximate surface area is 233 Å². The van der Waals surface area contributed by atoms with Crippen molar-refractivity contribution in [3.05, 3.63) is 76.6 Å². The van der Waals surface area contributed by atoms with Crippen molar-refractivity contribution in [1.29, 1.82) is 0 Å². The van der Waals surface area contributed by atoms with Crippen LogP contribution in [0.3, 0.4) is 0 Å². The largest absolute Gasteiger partial charge is 0.383 e. The van der Waals surface area contributed by atoms with Crippen LogP contribution >= 0.6 is 11.6 Å². The number of carbonyl (C=O) groups excluding carboxylic acids is 3. The number of hydrogen-bond donors (Lipinski definition) is 1. The molecule has 1 aliphatic heterocycles. The van der Waals surface area contributed by atoms with Gasteiger partial charge in [-0.05, 0) is 49.7 Å². The van der Waals surface area contributed by atoms with Gasteiger partial charge in [0.15, 0.2) is 0 Å². The van der Waals surface area contributed by atoms with Crippen LogP contribution in [0, 0.1) is 6.92 Å². The summed E-state index contributed by atoms with van der Waals surface area (Å²) in [5.41, 5.74) is 3.50. The molecule has 2 aromatic carbocycles. The summed E-state index contributed by atoms with van der Waals surface area (Å²) < 4.78 is 6.71. The number of nitrogens with one attached hydrogen (secondary N) is 1. The van der Waals surface area contributed by atoms with Crippen molar-refractivity contribution in [2.75, 3.05) is 45.3 Å². The van der Waals surface area contributed by atoms with Gasteiger partial charge in [0.05, 0.1) is 35.1 Å². The van der Waals surface area contributed by atoms with Crippen LogP contribution in [-0.4, -0.2) is 83.9 Å². The monoisotopic (exact) mass is 552 g/mol. The van der Waals surface area contributed by atoms with Crippen LogP contribution in [0.2, 0.25) is 5.02 Å². The molecular formula is C28H33ClN6O4. The lowest BCUT2D eigenvalue weighted by Crippen LogP contribution is -2.50. The van der Waals surface area contributed by atoms with E-state index in [2.05, 4.69) is 10.4 Å². The minimum absolute atomic E-state index is 0.135. The van der Waals surface area contributed by atoms with Crippen molar-refractivity contribution in [2.45, 2.75) is 26.4 Å². The molecule has 10 nitrogen and oxygen atoms in total. The third-order valence-corrected chi connectivity index (χ3v) is 7.04. The number of ether oxygens (including phenoxy) is 1. The van der Waals surface area contributed by atoms with Gasteiger partial charge in [-0.15, -0.1) is 0 Å². The van der Waals surface area contributed by atoms with E-state index in [1.807, 2.05) is 50.4 Å². The number of fused-ring (bicyclic) bond motifs is 1. The van der Waals surface area contributed by atoms with E-state index in [0.29, 0.717) is 29.4 Å². The molecule has 0 spiro atoms. The van der Waals surface area contributed by atoms with Crippen LogP contribution in [0.4, 0.5) is 10.5 Å². The Bertz CT molecular complexity index is 1360. The fourth-order valence-corrected chi connectivity index (χ4v) is 4.69. The predicted octanol–water partition coefficient (Wildman–Crippen LogP) is 3.50. The number of hydrogen-bond acceptors (Lipinski definition) is 5. The smallest absolute Gasteiger partial charge is 0.318 e. The van der Waals surface area contributed by atoms with E-state index < -0.39 is 0 Å². The molecule has 3 aromatic rings. The molecule has 0 unspecified atom stereocenters. The Kier molecular flexibility index (Phi) is 8.88. The second-order valence-electron chi connectivity index (χ2n) is 9.55. The van der Waals surface area contributed by atoms with E-state index in [1.165, 1.54) is 4.90 Å². The Hall–Kier alpha value is -3.89. The number of aryl methyl sites for hydroxylation is 1. The Morgan fingerprint density at radius 2 is 1.95 bits per heavy atom. The number of likely N-dealkylation sites (N-methyl/N-ethyl adjacent to an activating group) is 1. The van der Waals surface area contributed by atoms with Crippen LogP contribution in [0.5, 0.6) is 0 Å². The zero-order valence-electron chi connectivity index (χ0n) is 22.6. The van der Waals surface area contributed by atoms with E-state index >= 15 is 0 Å². The first kappa shape index (κ1) is 28.1. The third kappa shape index (κ3) is 6.40. The normalized spacial score (nSPS) is 14.9. The minimum atomic E-state index is -0.378. The molecule has 1 aromatic heterocycles. The predicted molar refractivity (Wildman–Crippen MR) is 149 cm³/mol. The Balaban J connectivity index is 1.53. The molecule has 0 saturated heterocycles. The molecule has 4 amide bonds. The van der Waals surface area contributed by atoms with Gasteiger partial charge in [0.25, 0.3) is 5.91 Å². The quantitative estimate of drug-likeness (QED) is 0.483. The third-order valence-electron chi connectivity index (χ3n) is 6.73. The number of carbonyl (C=O) groups is 3. The lowest BCUT2D eigenvalue weighted by atomic mass is 10.1. The average molecular weight is 553 g/mol. The summed E-state index contributed by atoms with van der Waals surface area (Å²) in [6.07, 6.45) is 1.83. The number of methoxy groups -OCH3 is 1. The first-order valence-electron chi connectivity index (χ1n) is 12.7. The van der Waals surface area contributed by atoms with Crippen molar-refractivity contribution in [3.8, 4) is 5.69 Å². The summed E-state index contributed by atoms with van der Waals surface area (Å²) in [4.78, 5) is 44.2. The highest BCUT2D eigenvalue weighted by molar-refractivity contribution is 6.34. The zero-order valence-corrected chi connectivity index (χ0v) is 23.3. The first-order valence-corrected chi connectivity index (χ1v) is 13.1. The molecule has 11 heteroatoms. The van der Waals surface area contributed by atoms with E-state index in [1.54, 1.807) is 46.8 Å². The molecule has 1 atom stereocenters. The number of anilines is 1. The molecule has 39 heavy (non-hydrogen) atoms. The van der Waals surface area contributed by atoms with Crippen LogP contribution in [0.15, 0.2) is 54.7 Å². The summed E-state index contributed by atoms with van der Waals surface area (Å²) in [5, 5.41) is 7.44. The standard InChI is InChI=1S/C28H33ClN6O4/c1-19-11-12-35(31-19)22-9-10-23(24(29)15-22)27(37)34-17-20(2)33(18-21-7-5-6-8-25(21)34)28(38)30-16-26(36)32(3)13-14-39-4/h5-12,15,20H,13-14,16-18H2,1-4H3,(H,30,38)/t20-/m1/s1. The number of benzene rings is 2. The van der Waals surface area contributed by atoms with Gasteiger partial charge in [0.1, 0.15) is 0 Å². The van der Waals surface area contributed by atoms with Gasteiger partial charge in [0.2, 0.25) is 5.91 Å². The zero-order chi connectivity index (χ0) is 28.1. The second-order valence-corrected chi connectivity index (χ2v) is 9.96. The van der Waals surface area contributed by atoms with Gasteiger partial charge < -0.3 is 24.8 Å². The van der Waals surface area contributed by atoms with Crippen LogP contribution in [-0.2, 0) is 16.1 Å². The number of nitrogens with zero attached hydrogens (tertiary/aromatic N) is 5. The maximum absolute atomic E-state index is 13.8. The van der Waals surface area contributed by atoms with Gasteiger partial charge in [-0.3, -0.25) is 9.59 Å². The van der Waals surface area contributed by atoms with Crippen molar-refractivity contribution in [1.82, 2.24) is 24.9 Å². The number of halogens is 1. The van der Waals surface area contributed by atoms with Crippen LogP contribution in [0.25, 0.3) is 5.69 Å². The molecule has 0 aliphatic carbocycles. The van der Waals surface area contributed by atoms with Crippen LogP contribution < -0.4 is 10.2 Å². The maximum Gasteiger partial charge on any atom is 0.318 e. The molecule has 2 heterocycles. The summed E-state index contributed by atoms with van der Waals surface area (Å²) in [5.74, 6) is -0.483. The number of urea groups is 1. The Morgan fingerprint density at radius 1 is 1.18 bits per heavy atom. The molecule has 1 N–H and O–H groups in total. The lowest BCUT2D eigenvalue weighted by Gasteiger charge is -2.29. The fraction of sp³-hybridized carbons (Fsp3) is 0.357. The lowest BCUT2D eigenvalue weighted by molar-refractivity contribution is -0.129. The second kappa shape index (κ2) is 12.3. The van der Waals surface area contributed by atoms with Gasteiger partial charge in [-0.2, -0.15) is 5.10 Å². The highest BCUT2D eigenvalue weighted by Crippen LogP contribution is 2.30.